The molecule has 1 N–H and O–H groups in total. The first-order chi connectivity index (χ1) is 13.9. The number of halogens is 2. The third-order valence-corrected chi connectivity index (χ3v) is 6.03. The molecule has 0 saturated carbocycles. The lowest BCUT2D eigenvalue weighted by Gasteiger charge is -2.23. The van der Waals surface area contributed by atoms with Crippen molar-refractivity contribution in [3.63, 3.8) is 0 Å². The predicted octanol–water partition coefficient (Wildman–Crippen LogP) is 5.22. The number of ketones is 1. The van der Waals surface area contributed by atoms with Crippen molar-refractivity contribution in [3.8, 4) is 0 Å². The summed E-state index contributed by atoms with van der Waals surface area (Å²) in [5.74, 6) is -0.785. The highest BCUT2D eigenvalue weighted by molar-refractivity contribution is 9.10. The number of amides is 1. The molecule has 1 aliphatic rings. The monoisotopic (exact) mass is 513 g/mol. The van der Waals surface area contributed by atoms with Gasteiger partial charge in [0.25, 0.3) is 5.91 Å². The van der Waals surface area contributed by atoms with Crippen molar-refractivity contribution >= 4 is 49.2 Å². The van der Waals surface area contributed by atoms with Crippen LogP contribution < -0.4 is 4.90 Å². The summed E-state index contributed by atoms with van der Waals surface area (Å²) in [7, 11) is 0. The van der Waals surface area contributed by atoms with Crippen molar-refractivity contribution < 1.29 is 14.7 Å². The van der Waals surface area contributed by atoms with Gasteiger partial charge in [0.2, 0.25) is 0 Å². The summed E-state index contributed by atoms with van der Waals surface area (Å²) in [4.78, 5) is 27.8. The molecule has 1 amide bonds. The van der Waals surface area contributed by atoms with Crippen LogP contribution in [-0.4, -0.2) is 16.8 Å². The molecule has 0 aromatic heterocycles. The number of rotatable bonds is 5. The number of nitrogens with zero attached hydrogens (tertiary/aromatic N) is 1. The topological polar surface area (TPSA) is 57.6 Å². The van der Waals surface area contributed by atoms with E-state index in [0.717, 1.165) is 14.5 Å². The Hall–Kier alpha value is -2.28. The van der Waals surface area contributed by atoms with E-state index in [1.807, 2.05) is 42.5 Å². The fourth-order valence-electron chi connectivity index (χ4n) is 3.61. The first-order valence-corrected chi connectivity index (χ1v) is 10.6. The second kappa shape index (κ2) is 7.86. The number of benzene rings is 3. The molecular formula is C23H17Br2NO3. The van der Waals surface area contributed by atoms with E-state index in [-0.39, 0.29) is 12.2 Å². The molecule has 146 valence electrons. The van der Waals surface area contributed by atoms with Crippen LogP contribution in [0.5, 0.6) is 0 Å². The number of Topliss-reactive ketones (excluding diaryl/α,β-unsaturated/α-hetero) is 1. The van der Waals surface area contributed by atoms with Gasteiger partial charge in [-0.3, -0.25) is 9.59 Å². The van der Waals surface area contributed by atoms with E-state index in [9.17, 15) is 14.7 Å². The van der Waals surface area contributed by atoms with Crippen LogP contribution in [-0.2, 0) is 16.9 Å². The summed E-state index contributed by atoms with van der Waals surface area (Å²) in [6, 6.07) is 21.8. The summed E-state index contributed by atoms with van der Waals surface area (Å²) < 4.78 is 1.50. The second-order valence-corrected chi connectivity index (χ2v) is 8.84. The molecule has 0 aliphatic carbocycles. The van der Waals surface area contributed by atoms with Crippen molar-refractivity contribution in [2.75, 3.05) is 4.90 Å². The minimum absolute atomic E-state index is 0.297. The van der Waals surface area contributed by atoms with Crippen LogP contribution >= 0.6 is 31.9 Å². The summed E-state index contributed by atoms with van der Waals surface area (Å²) in [5.41, 5.74) is 0.534. The summed E-state index contributed by atoms with van der Waals surface area (Å²) in [6.45, 7) is 0.321. The van der Waals surface area contributed by atoms with Crippen LogP contribution in [0.4, 0.5) is 5.69 Å². The number of hydrogen-bond acceptors (Lipinski definition) is 3. The summed E-state index contributed by atoms with van der Waals surface area (Å²) in [5, 5.41) is 11.4. The van der Waals surface area contributed by atoms with E-state index in [2.05, 4.69) is 31.9 Å². The van der Waals surface area contributed by atoms with Crippen LogP contribution in [0.1, 0.15) is 27.9 Å². The summed E-state index contributed by atoms with van der Waals surface area (Å²) >= 11 is 6.77. The highest BCUT2D eigenvalue weighted by atomic mass is 79.9. The van der Waals surface area contributed by atoms with Gasteiger partial charge in [-0.25, -0.2) is 0 Å². The lowest BCUT2D eigenvalue weighted by molar-refractivity contribution is -0.136. The number of fused-ring (bicyclic) bond motifs is 1. The highest BCUT2D eigenvalue weighted by Crippen LogP contribution is 2.44. The Morgan fingerprint density at radius 2 is 1.66 bits per heavy atom. The number of aliphatic hydroxyl groups is 1. The molecule has 0 fully saturated rings. The van der Waals surface area contributed by atoms with Gasteiger partial charge < -0.3 is 10.0 Å². The van der Waals surface area contributed by atoms with Crippen LogP contribution in [0.15, 0.2) is 81.7 Å². The Morgan fingerprint density at radius 1 is 0.931 bits per heavy atom. The quantitative estimate of drug-likeness (QED) is 0.475. The van der Waals surface area contributed by atoms with E-state index >= 15 is 0 Å². The van der Waals surface area contributed by atoms with Crippen LogP contribution in [0, 0.1) is 0 Å². The van der Waals surface area contributed by atoms with Gasteiger partial charge >= 0.3 is 0 Å². The molecule has 3 aromatic carbocycles. The molecule has 1 heterocycles. The molecule has 0 radical (unpaired) electrons. The van der Waals surface area contributed by atoms with Crippen LogP contribution in [0.25, 0.3) is 0 Å². The minimum atomic E-state index is -1.91. The molecule has 4 rings (SSSR count). The molecule has 1 atom stereocenters. The average Bonchev–Trinajstić information content (AvgIpc) is 2.90. The molecule has 29 heavy (non-hydrogen) atoms. The predicted molar refractivity (Wildman–Crippen MR) is 119 cm³/mol. The summed E-state index contributed by atoms with van der Waals surface area (Å²) in [6.07, 6.45) is -0.322. The number of hydrogen-bond donors (Lipinski definition) is 1. The fraction of sp³-hybridized carbons (Fsp3) is 0.130. The molecule has 1 aliphatic heterocycles. The van der Waals surface area contributed by atoms with Gasteiger partial charge in [0, 0.05) is 20.1 Å². The third-order valence-electron chi connectivity index (χ3n) is 5.04. The first kappa shape index (κ1) is 20.0. The standard InChI is InChI=1S/C23H17Br2NO3/c24-17-8-4-7-16(11-17)21(27)13-23(29)19-12-18(25)9-10-20(19)26(22(23)28)14-15-5-2-1-3-6-15/h1-12,29H,13-14H2/t23-/m1/s1. The number of carbonyl (C=O) groups is 2. The number of carbonyl (C=O) groups excluding carboxylic acids is 2. The molecule has 0 spiro atoms. The molecule has 0 bridgehead atoms. The smallest absolute Gasteiger partial charge is 0.264 e. The SMILES string of the molecule is O=C(C[C@]1(O)C(=O)N(Cc2ccccc2)c2ccc(Br)cc21)c1cccc(Br)c1. The van der Waals surface area contributed by atoms with Crippen molar-refractivity contribution in [1.82, 2.24) is 0 Å². The van der Waals surface area contributed by atoms with Gasteiger partial charge in [-0.2, -0.15) is 0 Å². The Kier molecular flexibility index (Phi) is 5.42. The van der Waals surface area contributed by atoms with Gasteiger partial charge in [0.05, 0.1) is 18.7 Å². The largest absolute Gasteiger partial charge is 0.375 e. The van der Waals surface area contributed by atoms with E-state index in [1.54, 1.807) is 35.2 Å². The van der Waals surface area contributed by atoms with Crippen LogP contribution in [0.2, 0.25) is 0 Å². The molecule has 0 unspecified atom stereocenters. The molecule has 0 saturated heterocycles. The van der Waals surface area contributed by atoms with Crippen LogP contribution in [0.3, 0.4) is 0 Å². The Balaban J connectivity index is 1.72. The van der Waals surface area contributed by atoms with E-state index < -0.39 is 11.5 Å². The Labute approximate surface area is 185 Å². The maximum Gasteiger partial charge on any atom is 0.264 e. The maximum absolute atomic E-state index is 13.3. The Bertz CT molecular complexity index is 1100. The zero-order chi connectivity index (χ0) is 20.6. The van der Waals surface area contributed by atoms with Crippen molar-refractivity contribution in [3.05, 3.63) is 98.4 Å². The lowest BCUT2D eigenvalue weighted by Crippen LogP contribution is -2.41. The molecule has 4 nitrogen and oxygen atoms in total. The van der Waals surface area contributed by atoms with Gasteiger partial charge in [-0.15, -0.1) is 0 Å². The molecule has 3 aromatic rings. The lowest BCUT2D eigenvalue weighted by atomic mass is 9.88. The molecule has 6 heteroatoms. The van der Waals surface area contributed by atoms with Crippen molar-refractivity contribution in [1.29, 1.82) is 0 Å². The van der Waals surface area contributed by atoms with Gasteiger partial charge in [0.1, 0.15) is 0 Å². The van der Waals surface area contributed by atoms with Crippen molar-refractivity contribution in [2.24, 2.45) is 0 Å². The second-order valence-electron chi connectivity index (χ2n) is 7.01. The normalized spacial score (nSPS) is 18.0. The molecular weight excluding hydrogens is 498 g/mol. The fourth-order valence-corrected chi connectivity index (χ4v) is 4.37. The maximum atomic E-state index is 13.3. The minimum Gasteiger partial charge on any atom is -0.375 e. The zero-order valence-electron chi connectivity index (χ0n) is 15.3. The third kappa shape index (κ3) is 3.80. The zero-order valence-corrected chi connectivity index (χ0v) is 18.5. The van der Waals surface area contributed by atoms with Gasteiger partial charge in [-0.1, -0.05) is 74.3 Å². The average molecular weight is 515 g/mol. The van der Waals surface area contributed by atoms with E-state index in [1.165, 1.54) is 0 Å². The van der Waals surface area contributed by atoms with Crippen molar-refractivity contribution in [2.45, 2.75) is 18.6 Å². The van der Waals surface area contributed by atoms with E-state index in [0.29, 0.717) is 23.4 Å². The number of anilines is 1. The Morgan fingerprint density at radius 3 is 2.38 bits per heavy atom. The van der Waals surface area contributed by atoms with E-state index in [4.69, 9.17) is 0 Å². The van der Waals surface area contributed by atoms with Gasteiger partial charge in [0.15, 0.2) is 11.4 Å². The highest BCUT2D eigenvalue weighted by Gasteiger charge is 2.51. The van der Waals surface area contributed by atoms with Gasteiger partial charge in [-0.05, 0) is 35.9 Å². The first-order valence-electron chi connectivity index (χ1n) is 9.05.